The van der Waals surface area contributed by atoms with Gasteiger partial charge in [-0.2, -0.15) is 0 Å². The van der Waals surface area contributed by atoms with Crippen molar-refractivity contribution in [2.75, 3.05) is 5.32 Å². The molecule has 0 aliphatic heterocycles. The van der Waals surface area contributed by atoms with Gasteiger partial charge >= 0.3 is 0 Å². The number of carbonyl (C=O) groups excluding carboxylic acids is 1. The van der Waals surface area contributed by atoms with Crippen LogP contribution in [-0.4, -0.2) is 10.9 Å². The van der Waals surface area contributed by atoms with Gasteiger partial charge in [-0.25, -0.2) is 4.98 Å². The van der Waals surface area contributed by atoms with Crippen molar-refractivity contribution >= 4 is 34.1 Å². The third kappa shape index (κ3) is 3.94. The lowest BCUT2D eigenvalue weighted by Crippen LogP contribution is -2.13. The molecule has 0 aliphatic carbocycles. The minimum atomic E-state index is -0.180. The molecular weight excluding hydrogens is 392 g/mol. The van der Waals surface area contributed by atoms with Crippen molar-refractivity contribution in [1.29, 1.82) is 0 Å². The van der Waals surface area contributed by atoms with E-state index in [1.807, 2.05) is 57.2 Å². The van der Waals surface area contributed by atoms with Gasteiger partial charge in [-0.15, -0.1) is 0 Å². The number of nitrogens with one attached hydrogen (secondary N) is 1. The number of halogens is 1. The van der Waals surface area contributed by atoms with Crippen molar-refractivity contribution in [1.82, 2.24) is 4.98 Å². The summed E-state index contributed by atoms with van der Waals surface area (Å²) in [6, 6.07) is 19.7. The van der Waals surface area contributed by atoms with Crippen molar-refractivity contribution < 1.29 is 4.79 Å². The second kappa shape index (κ2) is 7.92. The standard InChI is InChI=1S/C26H23ClN2O/c1-15-5-8-19(9-6-15)24-14-22(21-12-16(2)11-18(4)25(21)29-24)26(30)28-20-10-7-17(3)23(27)13-20/h5-14H,1-4H3,(H,28,30). The largest absolute Gasteiger partial charge is 0.322 e. The first-order chi connectivity index (χ1) is 14.3. The number of rotatable bonds is 3. The van der Waals surface area contributed by atoms with Gasteiger partial charge in [0.2, 0.25) is 0 Å². The number of hydrogen-bond acceptors (Lipinski definition) is 2. The highest BCUT2D eigenvalue weighted by atomic mass is 35.5. The third-order valence-corrected chi connectivity index (χ3v) is 5.68. The van der Waals surface area contributed by atoms with E-state index in [2.05, 4.69) is 30.4 Å². The normalized spacial score (nSPS) is 11.0. The molecule has 4 heteroatoms. The highest BCUT2D eigenvalue weighted by molar-refractivity contribution is 6.31. The van der Waals surface area contributed by atoms with Gasteiger partial charge in [0.25, 0.3) is 5.91 Å². The van der Waals surface area contributed by atoms with Gasteiger partial charge in [-0.1, -0.05) is 59.1 Å². The maximum Gasteiger partial charge on any atom is 0.256 e. The quantitative estimate of drug-likeness (QED) is 0.390. The molecule has 30 heavy (non-hydrogen) atoms. The van der Waals surface area contributed by atoms with E-state index in [4.69, 9.17) is 16.6 Å². The molecule has 3 aromatic carbocycles. The van der Waals surface area contributed by atoms with E-state index in [-0.39, 0.29) is 5.91 Å². The summed E-state index contributed by atoms with van der Waals surface area (Å²) in [4.78, 5) is 18.2. The van der Waals surface area contributed by atoms with Crippen LogP contribution >= 0.6 is 11.6 Å². The third-order valence-electron chi connectivity index (χ3n) is 5.27. The number of hydrogen-bond donors (Lipinski definition) is 1. The van der Waals surface area contributed by atoms with E-state index in [0.717, 1.165) is 38.9 Å². The summed E-state index contributed by atoms with van der Waals surface area (Å²) < 4.78 is 0. The fourth-order valence-electron chi connectivity index (χ4n) is 3.61. The molecule has 150 valence electrons. The Bertz CT molecular complexity index is 1280. The fraction of sp³-hybridized carbons (Fsp3) is 0.154. The van der Waals surface area contributed by atoms with Crippen LogP contribution in [0.4, 0.5) is 5.69 Å². The molecule has 0 unspecified atom stereocenters. The number of aryl methyl sites for hydroxylation is 4. The summed E-state index contributed by atoms with van der Waals surface area (Å²) in [6.07, 6.45) is 0. The molecule has 1 amide bonds. The molecule has 3 nitrogen and oxygen atoms in total. The van der Waals surface area contributed by atoms with Crippen LogP contribution < -0.4 is 5.32 Å². The van der Waals surface area contributed by atoms with Crippen molar-refractivity contribution in [3.05, 3.63) is 93.5 Å². The zero-order valence-electron chi connectivity index (χ0n) is 17.5. The van der Waals surface area contributed by atoms with Crippen LogP contribution in [0.5, 0.6) is 0 Å². The van der Waals surface area contributed by atoms with Crippen molar-refractivity contribution in [3.63, 3.8) is 0 Å². The van der Waals surface area contributed by atoms with Crippen LogP contribution in [-0.2, 0) is 0 Å². The van der Waals surface area contributed by atoms with Gasteiger partial charge < -0.3 is 5.32 Å². The summed E-state index contributed by atoms with van der Waals surface area (Å²) in [5.74, 6) is -0.180. The first kappa shape index (κ1) is 20.1. The van der Waals surface area contributed by atoms with E-state index in [1.54, 1.807) is 6.07 Å². The predicted molar refractivity (Wildman–Crippen MR) is 126 cm³/mol. The highest BCUT2D eigenvalue weighted by Gasteiger charge is 2.16. The molecule has 0 bridgehead atoms. The van der Waals surface area contributed by atoms with Crippen molar-refractivity contribution in [2.45, 2.75) is 27.7 Å². The number of aromatic nitrogens is 1. The second-order valence-corrected chi connectivity index (χ2v) is 8.22. The molecule has 0 saturated heterocycles. The number of fused-ring (bicyclic) bond motifs is 1. The SMILES string of the molecule is Cc1ccc(-c2cc(C(=O)Nc3ccc(C)c(Cl)c3)c3cc(C)cc(C)c3n2)cc1. The van der Waals surface area contributed by atoms with Crippen molar-refractivity contribution in [3.8, 4) is 11.3 Å². The van der Waals surface area contributed by atoms with Crippen LogP contribution in [0.3, 0.4) is 0 Å². The molecule has 0 spiro atoms. The Morgan fingerprint density at radius 2 is 1.57 bits per heavy atom. The van der Waals surface area contributed by atoms with Crippen LogP contribution in [0.25, 0.3) is 22.2 Å². The smallest absolute Gasteiger partial charge is 0.256 e. The molecule has 0 radical (unpaired) electrons. The Labute approximate surface area is 181 Å². The number of nitrogens with zero attached hydrogens (tertiary/aromatic N) is 1. The molecule has 0 atom stereocenters. The zero-order chi connectivity index (χ0) is 21.4. The Morgan fingerprint density at radius 1 is 0.833 bits per heavy atom. The number of amides is 1. The van der Waals surface area contributed by atoms with Gasteiger partial charge in [-0.3, -0.25) is 4.79 Å². The van der Waals surface area contributed by atoms with Gasteiger partial charge in [0.15, 0.2) is 0 Å². The van der Waals surface area contributed by atoms with E-state index in [1.165, 1.54) is 5.56 Å². The lowest BCUT2D eigenvalue weighted by atomic mass is 9.99. The average Bonchev–Trinajstić information content (AvgIpc) is 2.70. The van der Waals surface area contributed by atoms with Crippen molar-refractivity contribution in [2.24, 2.45) is 0 Å². The molecule has 0 saturated carbocycles. The minimum Gasteiger partial charge on any atom is -0.322 e. The summed E-state index contributed by atoms with van der Waals surface area (Å²) in [6.45, 7) is 8.05. The Kier molecular flexibility index (Phi) is 5.31. The zero-order valence-corrected chi connectivity index (χ0v) is 18.3. The number of anilines is 1. The molecule has 1 heterocycles. The van der Waals surface area contributed by atoms with Gasteiger partial charge in [0.1, 0.15) is 0 Å². The number of carbonyl (C=O) groups is 1. The number of pyridine rings is 1. The molecule has 0 fully saturated rings. The van der Waals surface area contributed by atoms with E-state index in [9.17, 15) is 4.79 Å². The maximum absolute atomic E-state index is 13.3. The summed E-state index contributed by atoms with van der Waals surface area (Å²) in [5, 5.41) is 4.46. The lowest BCUT2D eigenvalue weighted by Gasteiger charge is -2.13. The Hall–Kier alpha value is -3.17. The molecule has 4 aromatic rings. The Morgan fingerprint density at radius 3 is 2.27 bits per heavy atom. The van der Waals surface area contributed by atoms with Gasteiger partial charge in [-0.05, 0) is 63.1 Å². The monoisotopic (exact) mass is 414 g/mol. The van der Waals surface area contributed by atoms with Crippen LogP contribution in [0.2, 0.25) is 5.02 Å². The number of benzene rings is 3. The van der Waals surface area contributed by atoms with Gasteiger partial charge in [0.05, 0.1) is 16.8 Å². The molecule has 0 aliphatic rings. The first-order valence-corrected chi connectivity index (χ1v) is 10.3. The second-order valence-electron chi connectivity index (χ2n) is 7.82. The predicted octanol–water partition coefficient (Wildman–Crippen LogP) is 7.04. The topological polar surface area (TPSA) is 42.0 Å². The van der Waals surface area contributed by atoms with Crippen LogP contribution in [0.15, 0.2) is 60.7 Å². The van der Waals surface area contributed by atoms with Gasteiger partial charge in [0, 0.05) is 21.7 Å². The summed E-state index contributed by atoms with van der Waals surface area (Å²) >= 11 is 6.24. The lowest BCUT2D eigenvalue weighted by molar-refractivity contribution is 0.102. The Balaban J connectivity index is 1.86. The summed E-state index contributed by atoms with van der Waals surface area (Å²) in [5.41, 5.74) is 8.16. The first-order valence-electron chi connectivity index (χ1n) is 9.88. The van der Waals surface area contributed by atoms with E-state index < -0.39 is 0 Å². The van der Waals surface area contributed by atoms with Crippen LogP contribution in [0.1, 0.15) is 32.6 Å². The average molecular weight is 415 g/mol. The molecule has 1 N–H and O–H groups in total. The molecular formula is C26H23ClN2O. The minimum absolute atomic E-state index is 0.180. The summed E-state index contributed by atoms with van der Waals surface area (Å²) in [7, 11) is 0. The van der Waals surface area contributed by atoms with Crippen LogP contribution in [0, 0.1) is 27.7 Å². The fourth-order valence-corrected chi connectivity index (χ4v) is 3.79. The molecule has 1 aromatic heterocycles. The van der Waals surface area contributed by atoms with E-state index >= 15 is 0 Å². The molecule has 4 rings (SSSR count). The maximum atomic E-state index is 13.3. The van der Waals surface area contributed by atoms with E-state index in [0.29, 0.717) is 16.3 Å². The highest BCUT2D eigenvalue weighted by Crippen LogP contribution is 2.29.